The lowest BCUT2D eigenvalue weighted by Gasteiger charge is -2.16. The predicted octanol–water partition coefficient (Wildman–Crippen LogP) is 3.27. The molecule has 0 aliphatic carbocycles. The normalized spacial score (nSPS) is 17.1. The Morgan fingerprint density at radius 2 is 2.00 bits per heavy atom. The van der Waals surface area contributed by atoms with E-state index in [1.807, 2.05) is 0 Å². The van der Waals surface area contributed by atoms with Crippen LogP contribution in [-0.4, -0.2) is 11.8 Å². The van der Waals surface area contributed by atoms with Gasteiger partial charge in [0.25, 0.3) is 0 Å². The Morgan fingerprint density at radius 1 is 1.25 bits per heavy atom. The van der Waals surface area contributed by atoms with Crippen molar-refractivity contribution in [1.29, 1.82) is 0 Å². The SMILES string of the molecule is CC(NC(=O)CC1C(=O)Nc2ccccc21)c1ccc(F)cc1F. The van der Waals surface area contributed by atoms with Crippen LogP contribution >= 0.6 is 0 Å². The van der Waals surface area contributed by atoms with E-state index in [-0.39, 0.29) is 23.8 Å². The molecule has 2 atom stereocenters. The molecule has 2 unspecified atom stereocenters. The van der Waals surface area contributed by atoms with Crippen LogP contribution in [0.3, 0.4) is 0 Å². The quantitative estimate of drug-likeness (QED) is 0.904. The Kier molecular flexibility index (Phi) is 4.29. The average molecular weight is 330 g/mol. The lowest BCUT2D eigenvalue weighted by atomic mass is 9.96. The van der Waals surface area contributed by atoms with E-state index >= 15 is 0 Å². The topological polar surface area (TPSA) is 58.2 Å². The largest absolute Gasteiger partial charge is 0.349 e. The van der Waals surface area contributed by atoms with Gasteiger partial charge < -0.3 is 10.6 Å². The molecule has 0 aromatic heterocycles. The molecular formula is C18H16F2N2O2. The fourth-order valence-electron chi connectivity index (χ4n) is 2.89. The number of amides is 2. The maximum absolute atomic E-state index is 13.8. The van der Waals surface area contributed by atoms with Gasteiger partial charge in [-0.1, -0.05) is 24.3 Å². The summed E-state index contributed by atoms with van der Waals surface area (Å²) >= 11 is 0. The summed E-state index contributed by atoms with van der Waals surface area (Å²) in [6, 6.07) is 9.78. The third-order valence-electron chi connectivity index (χ3n) is 4.11. The highest BCUT2D eigenvalue weighted by Gasteiger charge is 2.32. The molecule has 0 saturated carbocycles. The number of hydrogen-bond acceptors (Lipinski definition) is 2. The second-order valence-electron chi connectivity index (χ2n) is 5.79. The molecule has 6 heteroatoms. The molecule has 1 aliphatic heterocycles. The van der Waals surface area contributed by atoms with Gasteiger partial charge >= 0.3 is 0 Å². The second kappa shape index (κ2) is 6.39. The monoisotopic (exact) mass is 330 g/mol. The van der Waals surface area contributed by atoms with Gasteiger partial charge in [-0.25, -0.2) is 8.78 Å². The van der Waals surface area contributed by atoms with Gasteiger partial charge in [-0.2, -0.15) is 0 Å². The minimum absolute atomic E-state index is 0.0317. The predicted molar refractivity (Wildman–Crippen MR) is 85.3 cm³/mol. The van der Waals surface area contributed by atoms with Crippen LogP contribution in [-0.2, 0) is 9.59 Å². The van der Waals surface area contributed by atoms with Crippen LogP contribution in [0, 0.1) is 11.6 Å². The van der Waals surface area contributed by atoms with Gasteiger partial charge in [-0.05, 0) is 24.6 Å². The van der Waals surface area contributed by atoms with E-state index in [2.05, 4.69) is 10.6 Å². The van der Waals surface area contributed by atoms with Crippen molar-refractivity contribution >= 4 is 17.5 Å². The van der Waals surface area contributed by atoms with Crippen molar-refractivity contribution in [2.45, 2.75) is 25.3 Å². The Morgan fingerprint density at radius 3 is 2.75 bits per heavy atom. The minimum atomic E-state index is -0.716. The third-order valence-corrected chi connectivity index (χ3v) is 4.11. The van der Waals surface area contributed by atoms with E-state index in [1.165, 1.54) is 6.07 Å². The number of halogens is 2. The maximum Gasteiger partial charge on any atom is 0.232 e. The fourth-order valence-corrected chi connectivity index (χ4v) is 2.89. The summed E-state index contributed by atoms with van der Waals surface area (Å²) in [5.74, 6) is -2.55. The molecule has 2 N–H and O–H groups in total. The lowest BCUT2D eigenvalue weighted by Crippen LogP contribution is -2.29. The van der Waals surface area contributed by atoms with Gasteiger partial charge in [0.15, 0.2) is 0 Å². The molecule has 3 rings (SSSR count). The molecule has 2 aromatic carbocycles. The summed E-state index contributed by atoms with van der Waals surface area (Å²) in [7, 11) is 0. The lowest BCUT2D eigenvalue weighted by molar-refractivity contribution is -0.125. The van der Waals surface area contributed by atoms with Gasteiger partial charge in [-0.15, -0.1) is 0 Å². The standard InChI is InChI=1S/C18H16F2N2O2/c1-10(12-7-6-11(19)8-15(12)20)21-17(23)9-14-13-4-2-3-5-16(13)22-18(14)24/h2-8,10,14H,9H2,1H3,(H,21,23)(H,22,24). The molecule has 0 bridgehead atoms. The van der Waals surface area contributed by atoms with Crippen molar-refractivity contribution in [3.63, 3.8) is 0 Å². The summed E-state index contributed by atoms with van der Waals surface area (Å²) in [6.45, 7) is 1.61. The van der Waals surface area contributed by atoms with Crippen molar-refractivity contribution in [3.05, 3.63) is 65.2 Å². The molecule has 0 radical (unpaired) electrons. The molecule has 1 aliphatic rings. The third kappa shape index (κ3) is 3.13. The number of benzene rings is 2. The number of fused-ring (bicyclic) bond motifs is 1. The molecule has 24 heavy (non-hydrogen) atoms. The van der Waals surface area contributed by atoms with E-state index in [0.29, 0.717) is 5.69 Å². The number of carbonyl (C=O) groups is 2. The van der Waals surface area contributed by atoms with Crippen LogP contribution in [0.5, 0.6) is 0 Å². The van der Waals surface area contributed by atoms with E-state index in [0.717, 1.165) is 17.7 Å². The first kappa shape index (κ1) is 16.1. The van der Waals surface area contributed by atoms with Crippen molar-refractivity contribution in [2.75, 3.05) is 5.32 Å². The van der Waals surface area contributed by atoms with E-state index in [9.17, 15) is 18.4 Å². The first-order valence-corrected chi connectivity index (χ1v) is 7.60. The fraction of sp³-hybridized carbons (Fsp3) is 0.222. The zero-order valence-corrected chi connectivity index (χ0v) is 13.0. The molecule has 0 spiro atoms. The summed E-state index contributed by atoms with van der Waals surface area (Å²) < 4.78 is 26.7. The number of carbonyl (C=O) groups excluding carboxylic acids is 2. The highest BCUT2D eigenvalue weighted by molar-refractivity contribution is 6.04. The van der Waals surface area contributed by atoms with Crippen LogP contribution in [0.4, 0.5) is 14.5 Å². The average Bonchev–Trinajstić information content (AvgIpc) is 2.83. The van der Waals surface area contributed by atoms with Crippen LogP contribution < -0.4 is 10.6 Å². The first-order valence-electron chi connectivity index (χ1n) is 7.60. The Bertz CT molecular complexity index is 807. The maximum atomic E-state index is 13.8. The van der Waals surface area contributed by atoms with Crippen molar-refractivity contribution in [1.82, 2.24) is 5.32 Å². The number of rotatable bonds is 4. The summed E-state index contributed by atoms with van der Waals surface area (Å²) in [5.41, 5.74) is 1.68. The molecule has 0 saturated heterocycles. The second-order valence-corrected chi connectivity index (χ2v) is 5.79. The van der Waals surface area contributed by atoms with Crippen LogP contribution in [0.1, 0.15) is 36.4 Å². The number of hydrogen-bond donors (Lipinski definition) is 2. The van der Waals surface area contributed by atoms with Crippen molar-refractivity contribution < 1.29 is 18.4 Å². The summed E-state index contributed by atoms with van der Waals surface area (Å²) in [5, 5.41) is 5.39. The Labute approximate surface area is 137 Å². The minimum Gasteiger partial charge on any atom is -0.349 e. The number of anilines is 1. The van der Waals surface area contributed by atoms with Crippen LogP contribution in [0.15, 0.2) is 42.5 Å². The zero-order chi connectivity index (χ0) is 17.3. The molecule has 1 heterocycles. The van der Waals surface area contributed by atoms with Crippen molar-refractivity contribution in [3.8, 4) is 0 Å². The highest BCUT2D eigenvalue weighted by Crippen LogP contribution is 2.34. The highest BCUT2D eigenvalue weighted by atomic mass is 19.1. The summed E-state index contributed by atoms with van der Waals surface area (Å²) in [4.78, 5) is 24.3. The van der Waals surface area contributed by atoms with Gasteiger partial charge in [0.1, 0.15) is 11.6 Å². The van der Waals surface area contributed by atoms with Gasteiger partial charge in [0, 0.05) is 23.7 Å². The van der Waals surface area contributed by atoms with E-state index < -0.39 is 23.6 Å². The molecule has 124 valence electrons. The summed E-state index contributed by atoms with van der Waals surface area (Å²) in [6.07, 6.45) is -0.0317. The molecule has 2 amide bonds. The molecule has 0 fully saturated rings. The van der Waals surface area contributed by atoms with Gasteiger partial charge in [0.05, 0.1) is 12.0 Å². The molecule has 4 nitrogen and oxygen atoms in total. The van der Waals surface area contributed by atoms with Crippen LogP contribution in [0.2, 0.25) is 0 Å². The van der Waals surface area contributed by atoms with E-state index in [1.54, 1.807) is 31.2 Å². The number of nitrogens with one attached hydrogen (secondary N) is 2. The number of para-hydroxylation sites is 1. The Hall–Kier alpha value is -2.76. The van der Waals surface area contributed by atoms with Crippen LogP contribution in [0.25, 0.3) is 0 Å². The van der Waals surface area contributed by atoms with Gasteiger partial charge in [-0.3, -0.25) is 9.59 Å². The smallest absolute Gasteiger partial charge is 0.232 e. The van der Waals surface area contributed by atoms with Gasteiger partial charge in [0.2, 0.25) is 11.8 Å². The Balaban J connectivity index is 1.69. The molecular weight excluding hydrogens is 314 g/mol. The van der Waals surface area contributed by atoms with E-state index in [4.69, 9.17) is 0 Å². The zero-order valence-electron chi connectivity index (χ0n) is 13.0. The first-order chi connectivity index (χ1) is 11.5. The molecule has 2 aromatic rings. The van der Waals surface area contributed by atoms with Crippen molar-refractivity contribution in [2.24, 2.45) is 0 Å².